The summed E-state index contributed by atoms with van der Waals surface area (Å²) in [5.74, 6) is 2.96. The van der Waals surface area contributed by atoms with Gasteiger partial charge in [-0.3, -0.25) is 0 Å². The van der Waals surface area contributed by atoms with Crippen molar-refractivity contribution < 1.29 is 0 Å². The summed E-state index contributed by atoms with van der Waals surface area (Å²) in [6.45, 7) is 3.32. The first kappa shape index (κ1) is 12.0. The van der Waals surface area contributed by atoms with E-state index in [1.807, 2.05) is 13.1 Å². The molecule has 2 nitrogen and oxygen atoms in total. The van der Waals surface area contributed by atoms with Gasteiger partial charge in [-0.25, -0.2) is 4.98 Å². The van der Waals surface area contributed by atoms with Crippen molar-refractivity contribution in [2.75, 3.05) is 18.5 Å². The third-order valence-corrected chi connectivity index (χ3v) is 3.77. The molecule has 0 radical (unpaired) electrons. The Morgan fingerprint density at radius 2 is 2.25 bits per heavy atom. The molecule has 2 atom stereocenters. The zero-order chi connectivity index (χ0) is 11.7. The van der Waals surface area contributed by atoms with E-state index in [2.05, 4.69) is 16.8 Å². The summed E-state index contributed by atoms with van der Waals surface area (Å²) in [5.41, 5.74) is 0.962. The molecule has 2 unspecified atom stereocenters. The van der Waals surface area contributed by atoms with Crippen LogP contribution in [0, 0.1) is 11.8 Å². The van der Waals surface area contributed by atoms with Crippen molar-refractivity contribution >= 4 is 29.0 Å². The quantitative estimate of drug-likeness (QED) is 0.768. The van der Waals surface area contributed by atoms with E-state index >= 15 is 0 Å². The number of pyridine rings is 1. The number of anilines is 1. The van der Waals surface area contributed by atoms with Gasteiger partial charge in [0.1, 0.15) is 5.82 Å². The predicted molar refractivity (Wildman–Crippen MR) is 69.3 cm³/mol. The van der Waals surface area contributed by atoms with Gasteiger partial charge in [0.15, 0.2) is 0 Å². The predicted octanol–water partition coefficient (Wildman–Crippen LogP) is 3.57. The Morgan fingerprint density at radius 1 is 1.56 bits per heavy atom. The van der Waals surface area contributed by atoms with E-state index in [0.717, 1.165) is 29.8 Å². The van der Waals surface area contributed by atoms with Crippen LogP contribution >= 0.6 is 23.2 Å². The Balaban J connectivity index is 2.07. The Hall–Kier alpha value is -0.470. The minimum atomic E-state index is 0.455. The number of alkyl halides is 1. The first-order chi connectivity index (χ1) is 7.61. The summed E-state index contributed by atoms with van der Waals surface area (Å²) in [6.07, 6.45) is 3.11. The average Bonchev–Trinajstić information content (AvgIpc) is 2.93. The molecule has 0 N–H and O–H groups in total. The van der Waals surface area contributed by atoms with Crippen LogP contribution in [0.3, 0.4) is 0 Å². The highest BCUT2D eigenvalue weighted by Gasteiger charge is 2.33. The fraction of sp³-hybridized carbons (Fsp3) is 0.583. The summed E-state index contributed by atoms with van der Waals surface area (Å²) >= 11 is 11.9. The second kappa shape index (κ2) is 4.80. The zero-order valence-electron chi connectivity index (χ0n) is 9.58. The zero-order valence-corrected chi connectivity index (χ0v) is 11.1. The second-order valence-electron chi connectivity index (χ2n) is 4.64. The summed E-state index contributed by atoms with van der Waals surface area (Å²) in [4.78, 5) is 6.50. The number of rotatable bonds is 4. The van der Waals surface area contributed by atoms with Crippen LogP contribution in [-0.2, 0) is 5.88 Å². The van der Waals surface area contributed by atoms with Crippen molar-refractivity contribution in [3.05, 3.63) is 22.8 Å². The molecule has 4 heteroatoms. The molecule has 1 saturated carbocycles. The van der Waals surface area contributed by atoms with Gasteiger partial charge in [0.05, 0.1) is 5.02 Å². The number of aromatic nitrogens is 1. The standard InChI is InChI=1S/C12H16Cl2N2/c1-8-3-10(8)7-16(2)12-11(14)4-9(5-13)6-15-12/h4,6,8,10H,3,5,7H2,1-2H3. The van der Waals surface area contributed by atoms with E-state index in [9.17, 15) is 0 Å². The SMILES string of the molecule is CC1CC1CN(C)c1ncc(CCl)cc1Cl. The molecule has 0 amide bonds. The van der Waals surface area contributed by atoms with Crippen molar-refractivity contribution in [1.29, 1.82) is 0 Å². The maximum atomic E-state index is 6.18. The first-order valence-corrected chi connectivity index (χ1v) is 6.44. The Bertz CT molecular complexity index is 381. The van der Waals surface area contributed by atoms with Crippen LogP contribution in [0.2, 0.25) is 5.02 Å². The smallest absolute Gasteiger partial charge is 0.147 e. The van der Waals surface area contributed by atoms with Gasteiger partial charge in [-0.2, -0.15) is 0 Å². The van der Waals surface area contributed by atoms with E-state index in [1.165, 1.54) is 6.42 Å². The Morgan fingerprint density at radius 3 is 2.75 bits per heavy atom. The largest absolute Gasteiger partial charge is 0.358 e. The van der Waals surface area contributed by atoms with Crippen LogP contribution in [-0.4, -0.2) is 18.6 Å². The fourth-order valence-corrected chi connectivity index (χ4v) is 2.40. The van der Waals surface area contributed by atoms with Gasteiger partial charge in [0, 0.05) is 25.7 Å². The molecule has 0 spiro atoms. The molecule has 2 rings (SSSR count). The number of hydrogen-bond acceptors (Lipinski definition) is 2. The van der Waals surface area contributed by atoms with Gasteiger partial charge in [0.25, 0.3) is 0 Å². The maximum Gasteiger partial charge on any atom is 0.147 e. The van der Waals surface area contributed by atoms with E-state index in [0.29, 0.717) is 10.9 Å². The van der Waals surface area contributed by atoms with Gasteiger partial charge in [0.2, 0.25) is 0 Å². The summed E-state index contributed by atoms with van der Waals surface area (Å²) < 4.78 is 0. The molecule has 0 saturated heterocycles. The van der Waals surface area contributed by atoms with E-state index in [4.69, 9.17) is 23.2 Å². The lowest BCUT2D eigenvalue weighted by molar-refractivity contribution is 0.719. The normalized spacial score (nSPS) is 23.2. The molecule has 0 bridgehead atoms. The van der Waals surface area contributed by atoms with Gasteiger partial charge < -0.3 is 4.90 Å². The molecule has 1 aliphatic rings. The average molecular weight is 259 g/mol. The van der Waals surface area contributed by atoms with Crippen molar-refractivity contribution in [2.45, 2.75) is 19.2 Å². The number of halogens is 2. The van der Waals surface area contributed by atoms with Crippen LogP contribution in [0.1, 0.15) is 18.9 Å². The third kappa shape index (κ3) is 2.61. The van der Waals surface area contributed by atoms with Crippen LogP contribution < -0.4 is 4.90 Å². The van der Waals surface area contributed by atoms with Crippen molar-refractivity contribution in [2.24, 2.45) is 11.8 Å². The number of hydrogen-bond donors (Lipinski definition) is 0. The Kier molecular flexibility index (Phi) is 3.60. The molecule has 16 heavy (non-hydrogen) atoms. The molecular formula is C12H16Cl2N2. The summed E-state index contributed by atoms with van der Waals surface area (Å²) in [6, 6.07) is 1.89. The molecule has 1 fully saturated rings. The maximum absolute atomic E-state index is 6.18. The third-order valence-electron chi connectivity index (χ3n) is 3.18. The summed E-state index contributed by atoms with van der Waals surface area (Å²) in [5, 5.41) is 0.689. The minimum Gasteiger partial charge on any atom is -0.358 e. The van der Waals surface area contributed by atoms with Crippen molar-refractivity contribution in [3.8, 4) is 0 Å². The fourth-order valence-electron chi connectivity index (χ4n) is 1.92. The van der Waals surface area contributed by atoms with Crippen LogP contribution in [0.15, 0.2) is 12.3 Å². The molecule has 0 aliphatic heterocycles. The Labute approximate surface area is 107 Å². The lowest BCUT2D eigenvalue weighted by Crippen LogP contribution is -2.22. The van der Waals surface area contributed by atoms with E-state index in [-0.39, 0.29) is 0 Å². The van der Waals surface area contributed by atoms with Gasteiger partial charge >= 0.3 is 0 Å². The molecular weight excluding hydrogens is 243 g/mol. The highest BCUT2D eigenvalue weighted by atomic mass is 35.5. The molecule has 88 valence electrons. The highest BCUT2D eigenvalue weighted by molar-refractivity contribution is 6.33. The number of nitrogens with zero attached hydrogens (tertiary/aromatic N) is 2. The van der Waals surface area contributed by atoms with Crippen molar-refractivity contribution in [3.63, 3.8) is 0 Å². The lowest BCUT2D eigenvalue weighted by Gasteiger charge is -2.19. The lowest BCUT2D eigenvalue weighted by atomic mass is 10.3. The second-order valence-corrected chi connectivity index (χ2v) is 5.31. The van der Waals surface area contributed by atoms with Crippen LogP contribution in [0.4, 0.5) is 5.82 Å². The summed E-state index contributed by atoms with van der Waals surface area (Å²) in [7, 11) is 2.04. The van der Waals surface area contributed by atoms with Gasteiger partial charge in [-0.15, -0.1) is 11.6 Å². The monoisotopic (exact) mass is 258 g/mol. The molecule has 0 aromatic carbocycles. The molecule has 1 aromatic heterocycles. The van der Waals surface area contributed by atoms with Crippen LogP contribution in [0.25, 0.3) is 0 Å². The van der Waals surface area contributed by atoms with Crippen LogP contribution in [0.5, 0.6) is 0 Å². The van der Waals surface area contributed by atoms with Crippen molar-refractivity contribution in [1.82, 2.24) is 4.98 Å². The highest BCUT2D eigenvalue weighted by Crippen LogP contribution is 2.39. The topological polar surface area (TPSA) is 16.1 Å². The molecule has 1 aromatic rings. The first-order valence-electron chi connectivity index (χ1n) is 5.53. The van der Waals surface area contributed by atoms with Gasteiger partial charge in [-0.05, 0) is 29.9 Å². The van der Waals surface area contributed by atoms with E-state index in [1.54, 1.807) is 6.20 Å². The minimum absolute atomic E-state index is 0.455. The molecule has 1 heterocycles. The van der Waals surface area contributed by atoms with Gasteiger partial charge in [-0.1, -0.05) is 18.5 Å². The molecule has 1 aliphatic carbocycles. The van der Waals surface area contributed by atoms with E-state index < -0.39 is 0 Å².